The second-order valence-electron chi connectivity index (χ2n) is 3.98. The number of hydrogen-bond acceptors (Lipinski definition) is 2. The molecule has 0 radical (unpaired) electrons. The number of nitrogens with one attached hydrogen (secondary N) is 1. The SMILES string of the molecule is CCCCN=C(C)C=C(C)NCCCC. The van der Waals surface area contributed by atoms with Crippen LogP contribution in [0.2, 0.25) is 0 Å². The fraction of sp³-hybridized carbons (Fsp3) is 0.769. The zero-order valence-corrected chi connectivity index (χ0v) is 10.8. The van der Waals surface area contributed by atoms with Crippen LogP contribution in [0, 0.1) is 0 Å². The number of aliphatic imine (C=N–C) groups is 1. The summed E-state index contributed by atoms with van der Waals surface area (Å²) in [7, 11) is 0. The average Bonchev–Trinajstić information content (AvgIpc) is 2.18. The minimum Gasteiger partial charge on any atom is -0.389 e. The van der Waals surface area contributed by atoms with E-state index in [1.807, 2.05) is 0 Å². The Balaban J connectivity index is 3.82. The van der Waals surface area contributed by atoms with Crippen molar-refractivity contribution in [1.82, 2.24) is 5.32 Å². The Labute approximate surface area is 94.9 Å². The summed E-state index contributed by atoms with van der Waals surface area (Å²) in [6, 6.07) is 0. The predicted molar refractivity (Wildman–Crippen MR) is 69.6 cm³/mol. The van der Waals surface area contributed by atoms with Gasteiger partial charge in [-0.3, -0.25) is 4.99 Å². The van der Waals surface area contributed by atoms with Crippen molar-refractivity contribution in [1.29, 1.82) is 0 Å². The van der Waals surface area contributed by atoms with Crippen molar-refractivity contribution >= 4 is 5.71 Å². The summed E-state index contributed by atoms with van der Waals surface area (Å²) < 4.78 is 0. The quantitative estimate of drug-likeness (QED) is 0.481. The van der Waals surface area contributed by atoms with Crippen LogP contribution in [0.15, 0.2) is 16.8 Å². The smallest absolute Gasteiger partial charge is 0.0392 e. The summed E-state index contributed by atoms with van der Waals surface area (Å²) in [4.78, 5) is 4.48. The van der Waals surface area contributed by atoms with Crippen molar-refractivity contribution in [2.45, 2.75) is 53.4 Å². The number of allylic oxidation sites excluding steroid dienone is 2. The van der Waals surface area contributed by atoms with Gasteiger partial charge in [0.25, 0.3) is 0 Å². The summed E-state index contributed by atoms with van der Waals surface area (Å²) in [5, 5.41) is 3.39. The number of rotatable bonds is 8. The molecule has 0 heterocycles. The lowest BCUT2D eigenvalue weighted by atomic mass is 10.3. The summed E-state index contributed by atoms with van der Waals surface area (Å²) in [6.07, 6.45) is 7.01. The van der Waals surface area contributed by atoms with E-state index in [1.165, 1.54) is 31.4 Å². The van der Waals surface area contributed by atoms with Crippen LogP contribution >= 0.6 is 0 Å². The van der Waals surface area contributed by atoms with Crippen LogP contribution in [0.25, 0.3) is 0 Å². The van der Waals surface area contributed by atoms with Gasteiger partial charge in [0.15, 0.2) is 0 Å². The largest absolute Gasteiger partial charge is 0.389 e. The van der Waals surface area contributed by atoms with E-state index in [2.05, 4.69) is 44.1 Å². The highest BCUT2D eigenvalue weighted by Gasteiger charge is 1.90. The molecule has 0 spiro atoms. The van der Waals surface area contributed by atoms with Gasteiger partial charge in [-0.25, -0.2) is 0 Å². The molecule has 0 aromatic carbocycles. The Kier molecular flexibility index (Phi) is 9.24. The lowest BCUT2D eigenvalue weighted by molar-refractivity contribution is 0.711. The molecule has 0 unspecified atom stereocenters. The molecule has 1 N–H and O–H groups in total. The van der Waals surface area contributed by atoms with Crippen molar-refractivity contribution in [2.24, 2.45) is 4.99 Å². The van der Waals surface area contributed by atoms with Crippen LogP contribution in [0.4, 0.5) is 0 Å². The molecule has 0 atom stereocenters. The Morgan fingerprint density at radius 2 is 1.80 bits per heavy atom. The highest BCUT2D eigenvalue weighted by Crippen LogP contribution is 1.94. The maximum atomic E-state index is 4.48. The monoisotopic (exact) mass is 210 g/mol. The fourth-order valence-electron chi connectivity index (χ4n) is 1.29. The third-order valence-electron chi connectivity index (χ3n) is 2.23. The van der Waals surface area contributed by atoms with E-state index in [0.717, 1.165) is 18.8 Å². The van der Waals surface area contributed by atoms with Gasteiger partial charge >= 0.3 is 0 Å². The summed E-state index contributed by atoms with van der Waals surface area (Å²) in [6.45, 7) is 10.6. The molecule has 0 fully saturated rings. The van der Waals surface area contributed by atoms with Crippen molar-refractivity contribution in [3.63, 3.8) is 0 Å². The summed E-state index contributed by atoms with van der Waals surface area (Å²) >= 11 is 0. The van der Waals surface area contributed by atoms with Gasteiger partial charge in [0.05, 0.1) is 0 Å². The zero-order valence-electron chi connectivity index (χ0n) is 10.8. The first-order valence-corrected chi connectivity index (χ1v) is 6.13. The number of hydrogen-bond donors (Lipinski definition) is 1. The van der Waals surface area contributed by atoms with E-state index >= 15 is 0 Å². The maximum absolute atomic E-state index is 4.48. The lowest BCUT2D eigenvalue weighted by Gasteiger charge is -2.05. The molecule has 0 aromatic heterocycles. The molecule has 0 bridgehead atoms. The number of nitrogens with zero attached hydrogens (tertiary/aromatic N) is 1. The van der Waals surface area contributed by atoms with E-state index in [1.54, 1.807) is 0 Å². The predicted octanol–water partition coefficient (Wildman–Crippen LogP) is 3.54. The lowest BCUT2D eigenvalue weighted by Crippen LogP contribution is -2.13. The standard InChI is InChI=1S/C13H26N2/c1-5-7-9-14-12(3)11-13(4)15-10-8-6-2/h11,14H,5-10H2,1-4H3. The number of unbranched alkanes of at least 4 members (excludes halogenated alkanes) is 2. The molecule has 0 amide bonds. The van der Waals surface area contributed by atoms with Gasteiger partial charge in [-0.1, -0.05) is 26.7 Å². The molecule has 0 saturated heterocycles. The molecule has 0 aliphatic rings. The highest BCUT2D eigenvalue weighted by molar-refractivity contribution is 5.93. The van der Waals surface area contributed by atoms with Gasteiger partial charge in [0.1, 0.15) is 0 Å². The van der Waals surface area contributed by atoms with E-state index in [0.29, 0.717) is 0 Å². The van der Waals surface area contributed by atoms with Gasteiger partial charge in [-0.05, 0) is 32.8 Å². The van der Waals surface area contributed by atoms with Crippen molar-refractivity contribution < 1.29 is 0 Å². The Hall–Kier alpha value is -0.790. The first kappa shape index (κ1) is 14.2. The maximum Gasteiger partial charge on any atom is 0.0392 e. The first-order valence-electron chi connectivity index (χ1n) is 6.13. The van der Waals surface area contributed by atoms with E-state index in [4.69, 9.17) is 0 Å². The van der Waals surface area contributed by atoms with Gasteiger partial charge in [0, 0.05) is 24.5 Å². The Morgan fingerprint density at radius 1 is 1.13 bits per heavy atom. The Morgan fingerprint density at radius 3 is 2.40 bits per heavy atom. The van der Waals surface area contributed by atoms with E-state index < -0.39 is 0 Å². The molecular weight excluding hydrogens is 184 g/mol. The molecule has 2 heteroatoms. The molecule has 0 aliphatic carbocycles. The molecule has 0 rings (SSSR count). The molecule has 2 nitrogen and oxygen atoms in total. The molecule has 0 aliphatic heterocycles. The molecule has 0 saturated carbocycles. The summed E-state index contributed by atoms with van der Waals surface area (Å²) in [5.41, 5.74) is 2.35. The van der Waals surface area contributed by atoms with Crippen molar-refractivity contribution in [3.05, 3.63) is 11.8 Å². The minimum atomic E-state index is 0.959. The first-order chi connectivity index (χ1) is 7.20. The van der Waals surface area contributed by atoms with Crippen LogP contribution in [-0.4, -0.2) is 18.8 Å². The second-order valence-corrected chi connectivity index (χ2v) is 3.98. The van der Waals surface area contributed by atoms with Gasteiger partial charge in [-0.15, -0.1) is 0 Å². The minimum absolute atomic E-state index is 0.959. The highest BCUT2D eigenvalue weighted by atomic mass is 14.9. The van der Waals surface area contributed by atoms with E-state index in [9.17, 15) is 0 Å². The van der Waals surface area contributed by atoms with Gasteiger partial charge in [0.2, 0.25) is 0 Å². The van der Waals surface area contributed by atoms with Crippen molar-refractivity contribution in [3.8, 4) is 0 Å². The van der Waals surface area contributed by atoms with Crippen LogP contribution in [-0.2, 0) is 0 Å². The van der Waals surface area contributed by atoms with Crippen molar-refractivity contribution in [2.75, 3.05) is 13.1 Å². The van der Waals surface area contributed by atoms with E-state index in [-0.39, 0.29) is 0 Å². The Bertz CT molecular complexity index is 205. The third-order valence-corrected chi connectivity index (χ3v) is 2.23. The fourth-order valence-corrected chi connectivity index (χ4v) is 1.29. The third kappa shape index (κ3) is 9.51. The molecule has 88 valence electrons. The van der Waals surface area contributed by atoms with Gasteiger partial charge < -0.3 is 5.32 Å². The van der Waals surface area contributed by atoms with Crippen LogP contribution in [0.3, 0.4) is 0 Å². The zero-order chi connectivity index (χ0) is 11.5. The second kappa shape index (κ2) is 9.75. The van der Waals surface area contributed by atoms with Gasteiger partial charge in [-0.2, -0.15) is 0 Å². The normalized spacial score (nSPS) is 13.1. The molecular formula is C13H26N2. The topological polar surface area (TPSA) is 24.4 Å². The summed E-state index contributed by atoms with van der Waals surface area (Å²) in [5.74, 6) is 0. The van der Waals surface area contributed by atoms with Crippen LogP contribution in [0.1, 0.15) is 53.4 Å². The molecule has 0 aromatic rings. The van der Waals surface area contributed by atoms with Crippen LogP contribution < -0.4 is 5.32 Å². The average molecular weight is 210 g/mol. The molecule has 15 heavy (non-hydrogen) atoms. The van der Waals surface area contributed by atoms with Crippen LogP contribution in [0.5, 0.6) is 0 Å².